The van der Waals surface area contributed by atoms with Crippen LogP contribution >= 0.6 is 0 Å². The fourth-order valence-corrected chi connectivity index (χ4v) is 4.13. The number of rotatable bonds is 8. The standard InChI is InChI=1S/C27H33FN4O2/c1-18(2)19-9-11-21(12-10-19)26(20-7-5-4-6-8-20)31-27(34)24-15-22(28)17-32(24)25(33)16-23(29)13-14-30-3/h4-14,18,22,24,26H,15-17,29H2,1-3H3,(H,31,34)/t22-,24+,26+/m1/s1. The van der Waals surface area contributed by atoms with Crippen LogP contribution in [0.1, 0.15) is 55.3 Å². The lowest BCUT2D eigenvalue weighted by molar-refractivity contribution is -0.138. The number of likely N-dealkylation sites (tertiary alicyclic amines) is 1. The van der Waals surface area contributed by atoms with Crippen molar-refractivity contribution in [3.8, 4) is 0 Å². The highest BCUT2D eigenvalue weighted by Gasteiger charge is 2.40. The van der Waals surface area contributed by atoms with Gasteiger partial charge < -0.3 is 16.0 Å². The lowest BCUT2D eigenvalue weighted by atomic mass is 9.95. The van der Waals surface area contributed by atoms with Gasteiger partial charge in [0.1, 0.15) is 12.2 Å². The number of aliphatic imine (C=N–C) groups is 1. The Hall–Kier alpha value is -3.48. The first-order chi connectivity index (χ1) is 16.3. The van der Waals surface area contributed by atoms with E-state index in [-0.39, 0.29) is 31.2 Å². The van der Waals surface area contributed by atoms with Gasteiger partial charge in [0.15, 0.2) is 0 Å². The highest BCUT2D eigenvalue weighted by Crippen LogP contribution is 2.27. The van der Waals surface area contributed by atoms with Gasteiger partial charge in [0.25, 0.3) is 0 Å². The van der Waals surface area contributed by atoms with E-state index >= 15 is 0 Å². The molecule has 1 heterocycles. The Morgan fingerprint density at radius 3 is 2.35 bits per heavy atom. The lowest BCUT2D eigenvalue weighted by Crippen LogP contribution is -2.47. The van der Waals surface area contributed by atoms with Gasteiger partial charge in [-0.25, -0.2) is 4.39 Å². The maximum Gasteiger partial charge on any atom is 0.243 e. The van der Waals surface area contributed by atoms with Crippen molar-refractivity contribution in [2.45, 2.75) is 50.9 Å². The largest absolute Gasteiger partial charge is 0.402 e. The highest BCUT2D eigenvalue weighted by atomic mass is 19.1. The third-order valence-electron chi connectivity index (χ3n) is 6.02. The van der Waals surface area contributed by atoms with E-state index in [2.05, 4.69) is 36.3 Å². The number of benzene rings is 2. The molecule has 3 atom stereocenters. The van der Waals surface area contributed by atoms with Crippen molar-refractivity contribution in [1.29, 1.82) is 0 Å². The van der Waals surface area contributed by atoms with E-state index in [1.807, 2.05) is 42.5 Å². The summed E-state index contributed by atoms with van der Waals surface area (Å²) in [6.07, 6.45) is 1.63. The number of hydrogen-bond acceptors (Lipinski definition) is 4. The van der Waals surface area contributed by atoms with Crippen LogP contribution < -0.4 is 11.1 Å². The molecule has 0 saturated carbocycles. The van der Waals surface area contributed by atoms with Crippen LogP contribution in [0.4, 0.5) is 4.39 Å². The zero-order valence-electron chi connectivity index (χ0n) is 19.9. The molecule has 1 saturated heterocycles. The predicted molar refractivity (Wildman–Crippen MR) is 133 cm³/mol. The molecular weight excluding hydrogens is 431 g/mol. The molecule has 0 unspecified atom stereocenters. The molecule has 0 aliphatic carbocycles. The van der Waals surface area contributed by atoms with E-state index in [0.717, 1.165) is 11.1 Å². The molecule has 2 amide bonds. The fourth-order valence-electron chi connectivity index (χ4n) is 4.13. The zero-order valence-corrected chi connectivity index (χ0v) is 19.9. The van der Waals surface area contributed by atoms with Crippen LogP contribution in [0.15, 0.2) is 71.4 Å². The van der Waals surface area contributed by atoms with Crippen molar-refractivity contribution in [2.75, 3.05) is 13.6 Å². The average Bonchev–Trinajstić information content (AvgIpc) is 3.23. The van der Waals surface area contributed by atoms with E-state index in [0.29, 0.717) is 11.6 Å². The average molecular weight is 465 g/mol. The first-order valence-electron chi connectivity index (χ1n) is 11.6. The molecule has 3 rings (SSSR count). The molecule has 0 bridgehead atoms. The molecule has 2 aromatic carbocycles. The SMILES string of the molecule is CN=CC=C(N)CC(=O)N1C[C@H](F)C[C@H]1C(=O)N[C@@H](c1ccccc1)c1ccc(C(C)C)cc1. The number of carbonyl (C=O) groups is 2. The number of allylic oxidation sites excluding steroid dienone is 1. The van der Waals surface area contributed by atoms with Crippen molar-refractivity contribution in [2.24, 2.45) is 10.7 Å². The van der Waals surface area contributed by atoms with Gasteiger partial charge in [-0.3, -0.25) is 14.6 Å². The molecule has 3 N–H and O–H groups in total. The predicted octanol–water partition coefficient (Wildman–Crippen LogP) is 3.89. The summed E-state index contributed by atoms with van der Waals surface area (Å²) in [5.74, 6) is -0.368. The molecule has 0 spiro atoms. The molecule has 34 heavy (non-hydrogen) atoms. The Kier molecular flexibility index (Phi) is 8.57. The van der Waals surface area contributed by atoms with Gasteiger partial charge in [-0.15, -0.1) is 0 Å². The van der Waals surface area contributed by atoms with Crippen LogP contribution in [0.3, 0.4) is 0 Å². The first kappa shape index (κ1) is 25.1. The lowest BCUT2D eigenvalue weighted by Gasteiger charge is -2.27. The number of alkyl halides is 1. The molecule has 2 aromatic rings. The van der Waals surface area contributed by atoms with Crippen molar-refractivity contribution in [3.63, 3.8) is 0 Å². The van der Waals surface area contributed by atoms with E-state index in [4.69, 9.17) is 5.73 Å². The number of nitrogens with zero attached hydrogens (tertiary/aromatic N) is 2. The van der Waals surface area contributed by atoms with E-state index < -0.39 is 18.3 Å². The Balaban J connectivity index is 1.82. The van der Waals surface area contributed by atoms with Crippen LogP contribution in [0, 0.1) is 0 Å². The summed E-state index contributed by atoms with van der Waals surface area (Å²) in [7, 11) is 1.60. The monoisotopic (exact) mass is 464 g/mol. The van der Waals surface area contributed by atoms with Crippen molar-refractivity contribution < 1.29 is 14.0 Å². The quantitative estimate of drug-likeness (QED) is 0.581. The van der Waals surface area contributed by atoms with Gasteiger partial charge in [-0.2, -0.15) is 0 Å². The molecule has 0 aromatic heterocycles. The second-order valence-corrected chi connectivity index (χ2v) is 8.89. The molecule has 1 aliphatic rings. The van der Waals surface area contributed by atoms with Crippen LogP contribution in [-0.4, -0.2) is 48.7 Å². The van der Waals surface area contributed by atoms with Crippen molar-refractivity contribution in [1.82, 2.24) is 10.2 Å². The highest BCUT2D eigenvalue weighted by molar-refractivity contribution is 5.90. The Bertz CT molecular complexity index is 1030. The number of hydrogen-bond donors (Lipinski definition) is 2. The van der Waals surface area contributed by atoms with Gasteiger partial charge in [0.2, 0.25) is 11.8 Å². The molecule has 0 radical (unpaired) electrons. The van der Waals surface area contributed by atoms with Gasteiger partial charge in [-0.1, -0.05) is 68.4 Å². The molecule has 1 fully saturated rings. The minimum absolute atomic E-state index is 0.0363. The smallest absolute Gasteiger partial charge is 0.243 e. The summed E-state index contributed by atoms with van der Waals surface area (Å²) in [4.78, 5) is 31.3. The zero-order chi connectivity index (χ0) is 24.7. The van der Waals surface area contributed by atoms with E-state index in [9.17, 15) is 14.0 Å². The van der Waals surface area contributed by atoms with E-state index in [1.165, 1.54) is 22.8 Å². The number of nitrogens with one attached hydrogen (secondary N) is 1. The maximum atomic E-state index is 14.3. The fraction of sp³-hybridized carbons (Fsp3) is 0.370. The molecular formula is C27H33FN4O2. The second kappa shape index (κ2) is 11.6. The van der Waals surface area contributed by atoms with Crippen LogP contribution in [-0.2, 0) is 9.59 Å². The summed E-state index contributed by atoms with van der Waals surface area (Å²) >= 11 is 0. The molecule has 6 nitrogen and oxygen atoms in total. The number of nitrogens with two attached hydrogens (primary N) is 1. The van der Waals surface area contributed by atoms with Crippen LogP contribution in [0.25, 0.3) is 0 Å². The second-order valence-electron chi connectivity index (χ2n) is 8.89. The van der Waals surface area contributed by atoms with Gasteiger partial charge in [0, 0.05) is 25.4 Å². The molecule has 1 aliphatic heterocycles. The van der Waals surface area contributed by atoms with Crippen molar-refractivity contribution >= 4 is 18.0 Å². The van der Waals surface area contributed by atoms with Gasteiger partial charge in [0.05, 0.1) is 19.0 Å². The Morgan fingerprint density at radius 2 is 1.74 bits per heavy atom. The summed E-state index contributed by atoms with van der Waals surface area (Å²) in [6, 6.07) is 16.4. The summed E-state index contributed by atoms with van der Waals surface area (Å²) in [5.41, 5.74) is 9.22. The number of amides is 2. The van der Waals surface area contributed by atoms with Crippen LogP contribution in [0.5, 0.6) is 0 Å². The van der Waals surface area contributed by atoms with Crippen molar-refractivity contribution in [3.05, 3.63) is 83.1 Å². The number of carbonyl (C=O) groups excluding carboxylic acids is 2. The summed E-state index contributed by atoms with van der Waals surface area (Å²) in [6.45, 7) is 4.13. The summed E-state index contributed by atoms with van der Waals surface area (Å²) in [5, 5.41) is 3.07. The van der Waals surface area contributed by atoms with Gasteiger partial charge >= 0.3 is 0 Å². The third-order valence-corrected chi connectivity index (χ3v) is 6.02. The van der Waals surface area contributed by atoms with Gasteiger partial charge in [-0.05, 0) is 28.7 Å². The normalized spacial score (nSPS) is 19.6. The Morgan fingerprint density at radius 1 is 1.12 bits per heavy atom. The maximum absolute atomic E-state index is 14.3. The summed E-state index contributed by atoms with van der Waals surface area (Å²) < 4.78 is 14.3. The Labute approximate surface area is 200 Å². The molecule has 7 heteroatoms. The van der Waals surface area contributed by atoms with E-state index in [1.54, 1.807) is 7.05 Å². The third kappa shape index (κ3) is 6.31. The topological polar surface area (TPSA) is 87.8 Å². The van der Waals surface area contributed by atoms with Crippen LogP contribution in [0.2, 0.25) is 0 Å². The molecule has 180 valence electrons. The minimum Gasteiger partial charge on any atom is -0.402 e. The number of halogens is 1. The minimum atomic E-state index is -1.26. The first-order valence-corrected chi connectivity index (χ1v) is 11.6.